The third-order valence-corrected chi connectivity index (χ3v) is 2.59. The standard InChI is InChI=1S/C12H12FN3O/c1-7-10(13)4-3-5-11(7)15-12(17)9-6-14-16-8(9)2/h3-6H,1-2H3,(H,14,16)(H,15,17). The fraction of sp³-hybridized carbons (Fsp3) is 0.167. The number of hydrogen-bond donors (Lipinski definition) is 2. The van der Waals surface area contributed by atoms with Crippen molar-refractivity contribution in [1.82, 2.24) is 10.2 Å². The molecule has 1 amide bonds. The summed E-state index contributed by atoms with van der Waals surface area (Å²) in [6.07, 6.45) is 1.44. The van der Waals surface area contributed by atoms with Crippen LogP contribution in [-0.4, -0.2) is 16.1 Å². The Morgan fingerprint density at radius 3 is 2.82 bits per heavy atom. The third kappa shape index (κ3) is 2.18. The van der Waals surface area contributed by atoms with E-state index in [1.807, 2.05) is 0 Å². The van der Waals surface area contributed by atoms with Gasteiger partial charge in [0.1, 0.15) is 5.82 Å². The van der Waals surface area contributed by atoms with Gasteiger partial charge in [0.25, 0.3) is 5.91 Å². The van der Waals surface area contributed by atoms with Crippen LogP contribution < -0.4 is 5.32 Å². The van der Waals surface area contributed by atoms with Gasteiger partial charge < -0.3 is 5.32 Å². The van der Waals surface area contributed by atoms with Crippen molar-refractivity contribution in [2.24, 2.45) is 0 Å². The molecule has 1 heterocycles. The highest BCUT2D eigenvalue weighted by atomic mass is 19.1. The predicted octanol–water partition coefficient (Wildman–Crippen LogP) is 2.42. The number of carbonyl (C=O) groups is 1. The van der Waals surface area contributed by atoms with Crippen LogP contribution in [0.15, 0.2) is 24.4 Å². The lowest BCUT2D eigenvalue weighted by atomic mass is 10.1. The number of aromatic amines is 1. The van der Waals surface area contributed by atoms with Gasteiger partial charge in [-0.2, -0.15) is 5.10 Å². The summed E-state index contributed by atoms with van der Waals surface area (Å²) in [5, 5.41) is 9.10. The summed E-state index contributed by atoms with van der Waals surface area (Å²) in [4.78, 5) is 11.9. The molecule has 0 bridgehead atoms. The largest absolute Gasteiger partial charge is 0.322 e. The molecule has 0 saturated carbocycles. The van der Waals surface area contributed by atoms with E-state index >= 15 is 0 Å². The van der Waals surface area contributed by atoms with E-state index in [9.17, 15) is 9.18 Å². The monoisotopic (exact) mass is 233 g/mol. The Labute approximate surface area is 97.9 Å². The lowest BCUT2D eigenvalue weighted by molar-refractivity contribution is 0.102. The van der Waals surface area contributed by atoms with Gasteiger partial charge in [0.15, 0.2) is 0 Å². The molecule has 0 spiro atoms. The fourth-order valence-electron chi connectivity index (χ4n) is 1.51. The first-order chi connectivity index (χ1) is 8.09. The lowest BCUT2D eigenvalue weighted by Gasteiger charge is -2.08. The van der Waals surface area contributed by atoms with Crippen LogP contribution in [0.5, 0.6) is 0 Å². The Balaban J connectivity index is 2.25. The molecule has 0 aliphatic carbocycles. The molecule has 4 nitrogen and oxygen atoms in total. The van der Waals surface area contributed by atoms with Crippen LogP contribution in [0.1, 0.15) is 21.6 Å². The Bertz CT molecular complexity index is 563. The minimum atomic E-state index is -0.341. The molecule has 2 N–H and O–H groups in total. The number of aromatic nitrogens is 2. The lowest BCUT2D eigenvalue weighted by Crippen LogP contribution is -2.13. The van der Waals surface area contributed by atoms with Crippen molar-refractivity contribution in [1.29, 1.82) is 0 Å². The van der Waals surface area contributed by atoms with Crippen LogP contribution in [0.3, 0.4) is 0 Å². The summed E-state index contributed by atoms with van der Waals surface area (Å²) < 4.78 is 13.3. The van der Waals surface area contributed by atoms with E-state index in [0.717, 1.165) is 0 Å². The van der Waals surface area contributed by atoms with Gasteiger partial charge in [-0.25, -0.2) is 4.39 Å². The maximum Gasteiger partial charge on any atom is 0.259 e. The highest BCUT2D eigenvalue weighted by Gasteiger charge is 2.12. The van der Waals surface area contributed by atoms with Gasteiger partial charge in [0.05, 0.1) is 11.8 Å². The third-order valence-electron chi connectivity index (χ3n) is 2.59. The molecule has 0 unspecified atom stereocenters. The molecule has 17 heavy (non-hydrogen) atoms. The van der Waals surface area contributed by atoms with E-state index in [2.05, 4.69) is 15.5 Å². The van der Waals surface area contributed by atoms with E-state index in [1.165, 1.54) is 12.3 Å². The van der Waals surface area contributed by atoms with Crippen LogP contribution in [0.4, 0.5) is 10.1 Å². The van der Waals surface area contributed by atoms with Crippen molar-refractivity contribution in [2.45, 2.75) is 13.8 Å². The molecule has 0 radical (unpaired) electrons. The number of anilines is 1. The van der Waals surface area contributed by atoms with Gasteiger partial charge in [-0.15, -0.1) is 0 Å². The average molecular weight is 233 g/mol. The zero-order valence-electron chi connectivity index (χ0n) is 9.54. The summed E-state index contributed by atoms with van der Waals surface area (Å²) in [6.45, 7) is 3.37. The molecule has 0 saturated heterocycles. The molecular weight excluding hydrogens is 221 g/mol. The first-order valence-electron chi connectivity index (χ1n) is 5.16. The number of carbonyl (C=O) groups excluding carboxylic acids is 1. The second-order valence-electron chi connectivity index (χ2n) is 3.78. The summed E-state index contributed by atoms with van der Waals surface area (Å²) in [6, 6.07) is 4.57. The van der Waals surface area contributed by atoms with E-state index in [4.69, 9.17) is 0 Å². The van der Waals surface area contributed by atoms with Crippen molar-refractivity contribution in [3.05, 3.63) is 47.0 Å². The van der Waals surface area contributed by atoms with Crippen molar-refractivity contribution >= 4 is 11.6 Å². The second-order valence-corrected chi connectivity index (χ2v) is 3.78. The van der Waals surface area contributed by atoms with Crippen molar-refractivity contribution in [3.8, 4) is 0 Å². The van der Waals surface area contributed by atoms with Crippen LogP contribution in [0.25, 0.3) is 0 Å². The minimum Gasteiger partial charge on any atom is -0.322 e. The molecule has 2 rings (SSSR count). The van der Waals surface area contributed by atoms with Crippen molar-refractivity contribution < 1.29 is 9.18 Å². The van der Waals surface area contributed by atoms with Gasteiger partial charge >= 0.3 is 0 Å². The van der Waals surface area contributed by atoms with Crippen LogP contribution in [0.2, 0.25) is 0 Å². The normalized spacial score (nSPS) is 10.3. The molecule has 0 atom stereocenters. The molecular formula is C12H12FN3O. The summed E-state index contributed by atoms with van der Waals surface area (Å²) in [7, 11) is 0. The quantitative estimate of drug-likeness (QED) is 0.836. The Morgan fingerprint density at radius 1 is 1.41 bits per heavy atom. The molecule has 5 heteroatoms. The highest BCUT2D eigenvalue weighted by Crippen LogP contribution is 2.18. The first kappa shape index (κ1) is 11.3. The fourth-order valence-corrected chi connectivity index (χ4v) is 1.51. The minimum absolute atomic E-state index is 0.301. The van der Waals surface area contributed by atoms with Crippen LogP contribution in [-0.2, 0) is 0 Å². The number of H-pyrrole nitrogens is 1. The Kier molecular flexibility index (Phi) is 2.91. The number of nitrogens with one attached hydrogen (secondary N) is 2. The molecule has 0 aliphatic rings. The topological polar surface area (TPSA) is 57.8 Å². The molecule has 0 fully saturated rings. The number of nitrogens with zero attached hydrogens (tertiary/aromatic N) is 1. The van der Waals surface area contributed by atoms with Gasteiger partial charge in [-0.05, 0) is 26.0 Å². The number of hydrogen-bond acceptors (Lipinski definition) is 2. The number of benzene rings is 1. The zero-order chi connectivity index (χ0) is 12.4. The van der Waals surface area contributed by atoms with Crippen LogP contribution in [0, 0.1) is 19.7 Å². The number of halogens is 1. The van der Waals surface area contributed by atoms with E-state index < -0.39 is 0 Å². The maximum atomic E-state index is 13.3. The SMILES string of the molecule is Cc1[nH]ncc1C(=O)Nc1cccc(F)c1C. The second kappa shape index (κ2) is 4.37. The van der Waals surface area contributed by atoms with Crippen molar-refractivity contribution in [3.63, 3.8) is 0 Å². The number of rotatable bonds is 2. The molecule has 2 aromatic rings. The number of aryl methyl sites for hydroxylation is 1. The Morgan fingerprint density at radius 2 is 2.18 bits per heavy atom. The predicted molar refractivity (Wildman–Crippen MR) is 62.4 cm³/mol. The highest BCUT2D eigenvalue weighted by molar-refractivity contribution is 6.05. The molecule has 1 aromatic carbocycles. The van der Waals surface area contributed by atoms with Gasteiger partial charge in [-0.3, -0.25) is 9.89 Å². The summed E-state index contributed by atoms with van der Waals surface area (Å²) >= 11 is 0. The van der Waals surface area contributed by atoms with E-state index in [1.54, 1.807) is 26.0 Å². The summed E-state index contributed by atoms with van der Waals surface area (Å²) in [5.74, 6) is -0.642. The van der Waals surface area contributed by atoms with Gasteiger partial charge in [0.2, 0.25) is 0 Å². The average Bonchev–Trinajstić information content (AvgIpc) is 2.71. The van der Waals surface area contributed by atoms with E-state index in [-0.39, 0.29) is 11.7 Å². The van der Waals surface area contributed by atoms with Crippen LogP contribution >= 0.6 is 0 Å². The number of amides is 1. The zero-order valence-corrected chi connectivity index (χ0v) is 9.54. The summed E-state index contributed by atoms with van der Waals surface area (Å²) in [5.41, 5.74) is 2.02. The maximum absolute atomic E-state index is 13.3. The Hall–Kier alpha value is -2.17. The van der Waals surface area contributed by atoms with Gasteiger partial charge in [-0.1, -0.05) is 6.07 Å². The molecule has 0 aliphatic heterocycles. The molecule has 1 aromatic heterocycles. The molecule has 88 valence electrons. The smallest absolute Gasteiger partial charge is 0.259 e. The first-order valence-corrected chi connectivity index (χ1v) is 5.16. The van der Waals surface area contributed by atoms with Gasteiger partial charge in [0, 0.05) is 16.9 Å². The van der Waals surface area contributed by atoms with Crippen molar-refractivity contribution in [2.75, 3.05) is 5.32 Å². The van der Waals surface area contributed by atoms with E-state index in [0.29, 0.717) is 22.5 Å².